The van der Waals surface area contributed by atoms with Gasteiger partial charge in [-0.15, -0.1) is 0 Å². The predicted octanol–water partition coefficient (Wildman–Crippen LogP) is 0.972. The quantitative estimate of drug-likeness (QED) is 0.900. The minimum atomic E-state index is -0.140. The predicted molar refractivity (Wildman–Crippen MR) is 95.8 cm³/mol. The van der Waals surface area contributed by atoms with Crippen LogP contribution in [-0.2, 0) is 0 Å². The molecule has 1 atom stereocenters. The van der Waals surface area contributed by atoms with Gasteiger partial charge >= 0.3 is 0 Å². The van der Waals surface area contributed by atoms with Crippen molar-refractivity contribution in [1.29, 1.82) is 0 Å². The molecule has 0 aliphatic carbocycles. The van der Waals surface area contributed by atoms with Crippen LogP contribution in [0.25, 0.3) is 5.65 Å². The number of carbonyl (C=O) groups excluding carboxylic acids is 1. The van der Waals surface area contributed by atoms with E-state index in [1.165, 1.54) is 25.9 Å². The first-order chi connectivity index (χ1) is 12.2. The summed E-state index contributed by atoms with van der Waals surface area (Å²) in [6.45, 7) is 4.61. The molecule has 0 aromatic carbocycles. The van der Waals surface area contributed by atoms with Gasteiger partial charge in [-0.25, -0.2) is 9.50 Å². The summed E-state index contributed by atoms with van der Waals surface area (Å²) in [5.74, 6) is 0.307. The third kappa shape index (κ3) is 3.02. The molecule has 2 aromatic heterocycles. The molecule has 0 radical (unpaired) electrons. The zero-order valence-electron chi connectivity index (χ0n) is 15.0. The second-order valence-electron chi connectivity index (χ2n) is 7.26. The zero-order valence-corrected chi connectivity index (χ0v) is 15.0. The van der Waals surface area contributed by atoms with Gasteiger partial charge in [0.25, 0.3) is 5.91 Å². The molecule has 7 nitrogen and oxygen atoms in total. The van der Waals surface area contributed by atoms with Gasteiger partial charge in [0, 0.05) is 31.7 Å². The molecule has 2 aliphatic rings. The zero-order chi connectivity index (χ0) is 17.4. The van der Waals surface area contributed by atoms with Gasteiger partial charge in [0.2, 0.25) is 0 Å². The summed E-state index contributed by atoms with van der Waals surface area (Å²) in [6, 6.07) is 2.76. The van der Waals surface area contributed by atoms with Gasteiger partial charge in [0.1, 0.15) is 5.56 Å². The number of hydrogen-bond donors (Lipinski definition) is 1. The van der Waals surface area contributed by atoms with Crippen molar-refractivity contribution < 1.29 is 4.79 Å². The molecule has 2 aromatic rings. The van der Waals surface area contributed by atoms with Crippen molar-refractivity contribution in [3.63, 3.8) is 0 Å². The average molecular weight is 342 g/mol. The van der Waals surface area contributed by atoms with Gasteiger partial charge in [0.15, 0.2) is 5.65 Å². The second kappa shape index (κ2) is 6.72. The van der Waals surface area contributed by atoms with E-state index in [-0.39, 0.29) is 5.91 Å². The van der Waals surface area contributed by atoms with E-state index in [0.717, 1.165) is 25.2 Å². The van der Waals surface area contributed by atoms with Crippen LogP contribution in [0.1, 0.15) is 41.2 Å². The highest BCUT2D eigenvalue weighted by molar-refractivity contribution is 5.99. The number of amides is 1. The molecule has 1 N–H and O–H groups in total. The van der Waals surface area contributed by atoms with Gasteiger partial charge < -0.3 is 10.2 Å². The van der Waals surface area contributed by atoms with Crippen LogP contribution in [0, 0.1) is 0 Å². The average Bonchev–Trinajstić information content (AvgIpc) is 3.28. The third-order valence-electron chi connectivity index (χ3n) is 5.74. The van der Waals surface area contributed by atoms with E-state index in [1.54, 1.807) is 19.4 Å². The largest absolute Gasteiger partial charge is 0.355 e. The fourth-order valence-electron chi connectivity index (χ4n) is 4.23. The third-order valence-corrected chi connectivity index (χ3v) is 5.74. The Hall–Kier alpha value is -1.99. The molecule has 4 rings (SSSR count). The smallest absolute Gasteiger partial charge is 0.256 e. The summed E-state index contributed by atoms with van der Waals surface area (Å²) in [6.07, 6.45) is 7.08. The summed E-state index contributed by atoms with van der Waals surface area (Å²) in [5.41, 5.74) is 2.35. The number of aromatic nitrogens is 3. The van der Waals surface area contributed by atoms with Crippen molar-refractivity contribution in [2.24, 2.45) is 0 Å². The van der Waals surface area contributed by atoms with E-state index in [2.05, 4.69) is 38.3 Å². The maximum Gasteiger partial charge on any atom is 0.256 e. The lowest BCUT2D eigenvalue weighted by molar-refractivity contribution is 0.0964. The number of piperidine rings is 1. The molecule has 2 aliphatic heterocycles. The number of nitrogens with zero attached hydrogens (tertiary/aromatic N) is 5. The molecule has 1 amide bonds. The van der Waals surface area contributed by atoms with Crippen LogP contribution in [0.5, 0.6) is 0 Å². The Morgan fingerprint density at radius 3 is 2.80 bits per heavy atom. The van der Waals surface area contributed by atoms with Gasteiger partial charge in [-0.3, -0.25) is 9.69 Å². The highest BCUT2D eigenvalue weighted by Crippen LogP contribution is 2.31. The molecule has 0 bridgehead atoms. The van der Waals surface area contributed by atoms with Crippen LogP contribution in [0.15, 0.2) is 18.5 Å². The number of fused-ring (bicyclic) bond motifs is 1. The number of hydrogen-bond acceptors (Lipinski definition) is 5. The summed E-state index contributed by atoms with van der Waals surface area (Å²) in [4.78, 5) is 21.4. The molecular formula is C18H26N6O. The Labute approximate surface area is 148 Å². The first kappa shape index (κ1) is 16.5. The van der Waals surface area contributed by atoms with Crippen LogP contribution < -0.4 is 5.32 Å². The van der Waals surface area contributed by atoms with E-state index >= 15 is 0 Å². The molecule has 0 unspecified atom stereocenters. The van der Waals surface area contributed by atoms with E-state index < -0.39 is 0 Å². The highest BCUT2D eigenvalue weighted by atomic mass is 16.1. The SMILES string of the molecule is CNC(=O)c1cnn2c([C@H]3CCN(C4CCN(C)CC4)C3)ccnc12. The standard InChI is InChI=1S/C18H26N6O/c1-19-18(25)15-11-21-24-16(3-7-20-17(15)24)13-4-10-23(12-13)14-5-8-22(2)9-6-14/h3,7,11,13-14H,4-6,8-10,12H2,1-2H3,(H,19,25)/t13-/m0/s1. The van der Waals surface area contributed by atoms with Crippen molar-refractivity contribution in [3.05, 3.63) is 29.7 Å². The Kier molecular flexibility index (Phi) is 4.43. The molecule has 2 fully saturated rings. The number of carbonyl (C=O) groups is 1. The molecular weight excluding hydrogens is 316 g/mol. The fourth-order valence-corrected chi connectivity index (χ4v) is 4.23. The van der Waals surface area contributed by atoms with Crippen molar-refractivity contribution in [1.82, 2.24) is 29.7 Å². The normalized spacial score (nSPS) is 23.4. The van der Waals surface area contributed by atoms with E-state index in [4.69, 9.17) is 0 Å². The summed E-state index contributed by atoms with van der Waals surface area (Å²) < 4.78 is 1.85. The lowest BCUT2D eigenvalue weighted by Crippen LogP contribution is -2.42. The maximum absolute atomic E-state index is 12.0. The molecule has 134 valence electrons. The van der Waals surface area contributed by atoms with Crippen LogP contribution >= 0.6 is 0 Å². The molecule has 2 saturated heterocycles. The van der Waals surface area contributed by atoms with Gasteiger partial charge in [-0.1, -0.05) is 0 Å². The second-order valence-corrected chi connectivity index (χ2v) is 7.26. The van der Waals surface area contributed by atoms with E-state index in [0.29, 0.717) is 23.2 Å². The summed E-state index contributed by atoms with van der Waals surface area (Å²) in [7, 11) is 3.84. The fraction of sp³-hybridized carbons (Fsp3) is 0.611. The maximum atomic E-state index is 12.0. The van der Waals surface area contributed by atoms with Gasteiger partial charge in [0.05, 0.1) is 11.9 Å². The van der Waals surface area contributed by atoms with Crippen LogP contribution in [0.4, 0.5) is 0 Å². The van der Waals surface area contributed by atoms with Crippen LogP contribution in [0.2, 0.25) is 0 Å². The van der Waals surface area contributed by atoms with Gasteiger partial charge in [-0.05, 0) is 52.0 Å². The highest BCUT2D eigenvalue weighted by Gasteiger charge is 2.32. The molecule has 7 heteroatoms. The Morgan fingerprint density at radius 1 is 1.24 bits per heavy atom. The molecule has 25 heavy (non-hydrogen) atoms. The number of rotatable bonds is 3. The van der Waals surface area contributed by atoms with Gasteiger partial charge in [-0.2, -0.15) is 5.10 Å². The van der Waals surface area contributed by atoms with Crippen molar-refractivity contribution in [3.8, 4) is 0 Å². The Balaban J connectivity index is 1.55. The minimum absolute atomic E-state index is 0.140. The molecule has 0 saturated carbocycles. The summed E-state index contributed by atoms with van der Waals surface area (Å²) in [5, 5.41) is 7.11. The lowest BCUT2D eigenvalue weighted by atomic mass is 10.0. The van der Waals surface area contributed by atoms with Crippen molar-refractivity contribution in [2.75, 3.05) is 40.3 Å². The monoisotopic (exact) mass is 342 g/mol. The van der Waals surface area contributed by atoms with Crippen LogP contribution in [0.3, 0.4) is 0 Å². The Morgan fingerprint density at radius 2 is 2.04 bits per heavy atom. The van der Waals surface area contributed by atoms with E-state index in [9.17, 15) is 4.79 Å². The van der Waals surface area contributed by atoms with Crippen molar-refractivity contribution >= 4 is 11.6 Å². The van der Waals surface area contributed by atoms with E-state index in [1.807, 2.05) is 4.52 Å². The topological polar surface area (TPSA) is 65.8 Å². The molecule has 0 spiro atoms. The lowest BCUT2D eigenvalue weighted by Gasteiger charge is -2.35. The number of nitrogens with one attached hydrogen (secondary N) is 1. The van der Waals surface area contributed by atoms with Crippen LogP contribution in [-0.4, -0.2) is 76.6 Å². The first-order valence-corrected chi connectivity index (χ1v) is 9.14. The van der Waals surface area contributed by atoms with Crippen molar-refractivity contribution in [2.45, 2.75) is 31.2 Å². The number of likely N-dealkylation sites (tertiary alicyclic amines) is 2. The molecule has 4 heterocycles. The summed E-state index contributed by atoms with van der Waals surface area (Å²) >= 11 is 0. The first-order valence-electron chi connectivity index (χ1n) is 9.14. The minimum Gasteiger partial charge on any atom is -0.355 e. The Bertz CT molecular complexity index is 764.